The number of amides is 1. The van der Waals surface area contributed by atoms with Gasteiger partial charge in [0.2, 0.25) is 0 Å². The molecule has 0 aliphatic heterocycles. The highest BCUT2D eigenvalue weighted by Gasteiger charge is 2.18. The molecule has 3 aromatic rings. The molecule has 0 aliphatic carbocycles. The lowest BCUT2D eigenvalue weighted by atomic mass is 10.1. The molecule has 1 aromatic carbocycles. The van der Waals surface area contributed by atoms with Gasteiger partial charge in [0.1, 0.15) is 5.69 Å². The molecule has 0 saturated carbocycles. The van der Waals surface area contributed by atoms with Crippen LogP contribution in [0, 0.1) is 0 Å². The lowest BCUT2D eigenvalue weighted by molar-refractivity contribution is 0.0689. The Morgan fingerprint density at radius 2 is 1.96 bits per heavy atom. The fourth-order valence-electron chi connectivity index (χ4n) is 2.65. The summed E-state index contributed by atoms with van der Waals surface area (Å²) in [5.74, 6) is -1.31. The Morgan fingerprint density at radius 3 is 2.62 bits per heavy atom. The molecule has 2 heterocycles. The van der Waals surface area contributed by atoms with Gasteiger partial charge in [-0.1, -0.05) is 13.0 Å². The van der Waals surface area contributed by atoms with Gasteiger partial charge in [-0.25, -0.2) is 4.79 Å². The summed E-state index contributed by atoms with van der Waals surface area (Å²) in [6.45, 7) is 2.17. The van der Waals surface area contributed by atoms with Crippen molar-refractivity contribution < 1.29 is 14.7 Å². The molecule has 3 N–H and O–H groups in total. The Kier molecular flexibility index (Phi) is 4.29. The number of nitrogens with zero attached hydrogens (tertiary/aromatic N) is 1. The SMILES string of the molecule is CCc1ccc2[nH]c(C(=O)O)c(CNC(=O)c3ccncc3)c2c1. The van der Waals surface area contributed by atoms with Crippen LogP contribution in [0.4, 0.5) is 0 Å². The molecule has 122 valence electrons. The third kappa shape index (κ3) is 2.99. The second-order valence-corrected chi connectivity index (χ2v) is 5.44. The molecule has 0 unspecified atom stereocenters. The van der Waals surface area contributed by atoms with E-state index in [4.69, 9.17) is 0 Å². The van der Waals surface area contributed by atoms with Crippen molar-refractivity contribution in [2.45, 2.75) is 19.9 Å². The van der Waals surface area contributed by atoms with E-state index < -0.39 is 5.97 Å². The topological polar surface area (TPSA) is 95.1 Å². The number of aromatic nitrogens is 2. The number of carboxylic acids is 1. The van der Waals surface area contributed by atoms with Crippen LogP contribution in [0.5, 0.6) is 0 Å². The largest absolute Gasteiger partial charge is 0.477 e. The summed E-state index contributed by atoms with van der Waals surface area (Å²) in [5.41, 5.74) is 3.03. The number of carbonyl (C=O) groups is 2. The van der Waals surface area contributed by atoms with Gasteiger partial charge in [0.05, 0.1) is 0 Å². The van der Waals surface area contributed by atoms with Crippen molar-refractivity contribution in [3.8, 4) is 0 Å². The lowest BCUT2D eigenvalue weighted by Crippen LogP contribution is -2.23. The zero-order valence-corrected chi connectivity index (χ0v) is 13.2. The van der Waals surface area contributed by atoms with Gasteiger partial charge < -0.3 is 15.4 Å². The van der Waals surface area contributed by atoms with E-state index >= 15 is 0 Å². The summed E-state index contributed by atoms with van der Waals surface area (Å²) >= 11 is 0. The third-order valence-corrected chi connectivity index (χ3v) is 3.96. The highest BCUT2D eigenvalue weighted by Crippen LogP contribution is 2.24. The maximum Gasteiger partial charge on any atom is 0.352 e. The quantitative estimate of drug-likeness (QED) is 0.673. The van der Waals surface area contributed by atoms with Gasteiger partial charge in [0.25, 0.3) is 5.91 Å². The van der Waals surface area contributed by atoms with E-state index in [0.29, 0.717) is 11.1 Å². The molecule has 0 saturated heterocycles. The Balaban J connectivity index is 1.93. The first kappa shape index (κ1) is 15.7. The van der Waals surface area contributed by atoms with Crippen LogP contribution in [-0.2, 0) is 13.0 Å². The third-order valence-electron chi connectivity index (χ3n) is 3.96. The standard InChI is InChI=1S/C18H17N3O3/c1-2-11-3-4-15-13(9-11)14(16(21-15)18(23)24)10-20-17(22)12-5-7-19-8-6-12/h3-9,21H,2,10H2,1H3,(H,20,22)(H,23,24). The highest BCUT2D eigenvalue weighted by molar-refractivity contribution is 5.98. The normalized spacial score (nSPS) is 10.7. The van der Waals surface area contributed by atoms with E-state index in [0.717, 1.165) is 22.9 Å². The van der Waals surface area contributed by atoms with Crippen LogP contribution in [0.2, 0.25) is 0 Å². The van der Waals surface area contributed by atoms with Crippen molar-refractivity contribution in [2.24, 2.45) is 0 Å². The number of carbonyl (C=O) groups excluding carboxylic acids is 1. The molecule has 0 radical (unpaired) electrons. The first-order chi connectivity index (χ1) is 11.6. The van der Waals surface area contributed by atoms with Crippen LogP contribution in [0.3, 0.4) is 0 Å². The maximum absolute atomic E-state index is 12.2. The molecule has 24 heavy (non-hydrogen) atoms. The van der Waals surface area contributed by atoms with Crippen LogP contribution in [0.1, 0.15) is 38.9 Å². The predicted molar refractivity (Wildman–Crippen MR) is 90.0 cm³/mol. The van der Waals surface area contributed by atoms with Crippen LogP contribution in [-0.4, -0.2) is 27.0 Å². The predicted octanol–water partition coefficient (Wildman–Crippen LogP) is 2.75. The highest BCUT2D eigenvalue weighted by atomic mass is 16.4. The first-order valence-corrected chi connectivity index (χ1v) is 7.65. The fourth-order valence-corrected chi connectivity index (χ4v) is 2.65. The lowest BCUT2D eigenvalue weighted by Gasteiger charge is -2.06. The Bertz CT molecular complexity index is 901. The summed E-state index contributed by atoms with van der Waals surface area (Å²) in [6, 6.07) is 9.01. The molecule has 0 spiro atoms. The number of pyridine rings is 1. The van der Waals surface area contributed by atoms with Crippen LogP contribution < -0.4 is 5.32 Å². The number of fused-ring (bicyclic) bond motifs is 1. The molecule has 3 rings (SSSR count). The van der Waals surface area contributed by atoms with Crippen LogP contribution in [0.15, 0.2) is 42.7 Å². The number of hydrogen-bond acceptors (Lipinski definition) is 3. The number of aromatic carboxylic acids is 1. The van der Waals surface area contributed by atoms with E-state index in [2.05, 4.69) is 15.3 Å². The van der Waals surface area contributed by atoms with Gasteiger partial charge in [-0.15, -0.1) is 0 Å². The molecule has 0 bridgehead atoms. The number of nitrogens with one attached hydrogen (secondary N) is 2. The number of aromatic amines is 1. The maximum atomic E-state index is 12.2. The van der Waals surface area contributed by atoms with Crippen molar-refractivity contribution in [3.05, 3.63) is 65.1 Å². The second kappa shape index (κ2) is 6.54. The van der Waals surface area contributed by atoms with Gasteiger partial charge >= 0.3 is 5.97 Å². The molecule has 2 aromatic heterocycles. The second-order valence-electron chi connectivity index (χ2n) is 5.44. The Hall–Kier alpha value is -3.15. The molecule has 6 heteroatoms. The van der Waals surface area contributed by atoms with E-state index in [1.54, 1.807) is 12.1 Å². The molecule has 6 nitrogen and oxygen atoms in total. The average Bonchev–Trinajstić information content (AvgIpc) is 2.98. The first-order valence-electron chi connectivity index (χ1n) is 7.65. The minimum Gasteiger partial charge on any atom is -0.477 e. The number of H-pyrrole nitrogens is 1. The van der Waals surface area contributed by atoms with Crippen molar-refractivity contribution in [2.75, 3.05) is 0 Å². The van der Waals surface area contributed by atoms with E-state index in [9.17, 15) is 14.7 Å². The van der Waals surface area contributed by atoms with Gasteiger partial charge in [0, 0.05) is 41.0 Å². The monoisotopic (exact) mass is 323 g/mol. The van der Waals surface area contributed by atoms with E-state index in [1.165, 1.54) is 12.4 Å². The number of carboxylic acid groups (broad SMARTS) is 1. The van der Waals surface area contributed by atoms with Crippen molar-refractivity contribution in [1.29, 1.82) is 0 Å². The van der Waals surface area contributed by atoms with Crippen molar-refractivity contribution in [3.63, 3.8) is 0 Å². The number of aryl methyl sites for hydroxylation is 1. The minimum absolute atomic E-state index is 0.105. The molecule has 0 aliphatic rings. The zero-order valence-electron chi connectivity index (χ0n) is 13.2. The van der Waals surface area contributed by atoms with Crippen LogP contribution in [0.25, 0.3) is 10.9 Å². The molecule has 0 atom stereocenters. The molecular formula is C18H17N3O3. The molecule has 0 fully saturated rings. The summed E-state index contributed by atoms with van der Waals surface area (Å²) in [7, 11) is 0. The summed E-state index contributed by atoms with van der Waals surface area (Å²) in [6.07, 6.45) is 3.93. The van der Waals surface area contributed by atoms with Crippen LogP contribution >= 0.6 is 0 Å². The zero-order chi connectivity index (χ0) is 17.1. The Labute approximate surface area is 138 Å². The number of hydrogen-bond donors (Lipinski definition) is 3. The van der Waals surface area contributed by atoms with Gasteiger partial charge in [-0.05, 0) is 36.2 Å². The summed E-state index contributed by atoms with van der Waals surface area (Å²) < 4.78 is 0. The van der Waals surface area contributed by atoms with E-state index in [1.807, 2.05) is 25.1 Å². The molecular weight excluding hydrogens is 306 g/mol. The number of benzene rings is 1. The van der Waals surface area contributed by atoms with Crippen molar-refractivity contribution >= 4 is 22.8 Å². The van der Waals surface area contributed by atoms with Crippen molar-refractivity contribution in [1.82, 2.24) is 15.3 Å². The smallest absolute Gasteiger partial charge is 0.352 e. The molecule has 1 amide bonds. The fraction of sp³-hybridized carbons (Fsp3) is 0.167. The summed E-state index contributed by atoms with van der Waals surface area (Å²) in [4.78, 5) is 30.5. The average molecular weight is 323 g/mol. The summed E-state index contributed by atoms with van der Waals surface area (Å²) in [5, 5.41) is 13.0. The Morgan fingerprint density at radius 1 is 1.21 bits per heavy atom. The number of rotatable bonds is 5. The van der Waals surface area contributed by atoms with Gasteiger partial charge in [-0.3, -0.25) is 9.78 Å². The minimum atomic E-state index is -1.04. The van der Waals surface area contributed by atoms with Gasteiger partial charge in [-0.2, -0.15) is 0 Å². The van der Waals surface area contributed by atoms with Gasteiger partial charge in [0.15, 0.2) is 0 Å². The van der Waals surface area contributed by atoms with E-state index in [-0.39, 0.29) is 18.1 Å².